The average molecular weight is 292 g/mol. The first-order chi connectivity index (χ1) is 10.1. The Morgan fingerprint density at radius 3 is 2.67 bits per heavy atom. The minimum absolute atomic E-state index is 0.0611. The molecule has 0 aromatic heterocycles. The molecule has 0 heterocycles. The molecule has 0 spiro atoms. The lowest BCUT2D eigenvalue weighted by atomic mass is 9.96. The summed E-state index contributed by atoms with van der Waals surface area (Å²) in [4.78, 5) is 12.1. The second-order valence-electron chi connectivity index (χ2n) is 6.08. The Bertz CT molecular complexity index is 531. The van der Waals surface area contributed by atoms with Crippen molar-refractivity contribution in [2.75, 3.05) is 5.32 Å². The molecular formula is C16H21FN2O2. The topological polar surface area (TPSA) is 64.4 Å². The number of anilines is 1. The third-order valence-corrected chi connectivity index (χ3v) is 4.39. The van der Waals surface area contributed by atoms with E-state index in [1.807, 2.05) is 0 Å². The van der Waals surface area contributed by atoms with Crippen LogP contribution in [0.4, 0.5) is 10.1 Å². The van der Waals surface area contributed by atoms with Gasteiger partial charge in [-0.05, 0) is 50.7 Å². The molecule has 3 rings (SSSR count). The van der Waals surface area contributed by atoms with Crippen LogP contribution >= 0.6 is 0 Å². The summed E-state index contributed by atoms with van der Waals surface area (Å²) in [5, 5.41) is 2.76. The van der Waals surface area contributed by atoms with E-state index in [0.29, 0.717) is 12.1 Å². The van der Waals surface area contributed by atoms with Gasteiger partial charge in [-0.25, -0.2) is 4.39 Å². The molecule has 2 saturated carbocycles. The van der Waals surface area contributed by atoms with Crippen LogP contribution < -0.4 is 15.8 Å². The van der Waals surface area contributed by atoms with Gasteiger partial charge in [0.1, 0.15) is 0 Å². The van der Waals surface area contributed by atoms with Crippen molar-refractivity contribution in [3.63, 3.8) is 0 Å². The zero-order chi connectivity index (χ0) is 14.8. The van der Waals surface area contributed by atoms with Gasteiger partial charge in [0, 0.05) is 23.7 Å². The van der Waals surface area contributed by atoms with Gasteiger partial charge in [0.05, 0.1) is 6.10 Å². The summed E-state index contributed by atoms with van der Waals surface area (Å²) < 4.78 is 19.5. The number of rotatable bonds is 4. The van der Waals surface area contributed by atoms with E-state index in [9.17, 15) is 9.18 Å². The van der Waals surface area contributed by atoms with Crippen LogP contribution in [0, 0.1) is 11.7 Å². The fourth-order valence-corrected chi connectivity index (χ4v) is 2.84. The van der Waals surface area contributed by atoms with Crippen molar-refractivity contribution in [1.29, 1.82) is 0 Å². The predicted octanol–water partition coefficient (Wildman–Crippen LogP) is 2.82. The predicted molar refractivity (Wildman–Crippen MR) is 78.6 cm³/mol. The highest BCUT2D eigenvalue weighted by molar-refractivity contribution is 5.92. The SMILES string of the molecule is NC1CCC(C(=O)Nc2ccc(OC3CCC3)c(F)c2)C1. The van der Waals surface area contributed by atoms with Crippen LogP contribution in [0.15, 0.2) is 18.2 Å². The van der Waals surface area contributed by atoms with E-state index in [1.54, 1.807) is 12.1 Å². The Kier molecular flexibility index (Phi) is 4.10. The molecule has 0 aliphatic heterocycles. The Labute approximate surface area is 123 Å². The molecule has 0 radical (unpaired) electrons. The van der Waals surface area contributed by atoms with Crippen LogP contribution in [0.3, 0.4) is 0 Å². The van der Waals surface area contributed by atoms with E-state index in [1.165, 1.54) is 6.07 Å². The van der Waals surface area contributed by atoms with Gasteiger partial charge in [0.25, 0.3) is 0 Å². The molecule has 4 nitrogen and oxygen atoms in total. The van der Waals surface area contributed by atoms with Crippen molar-refractivity contribution in [1.82, 2.24) is 0 Å². The zero-order valence-corrected chi connectivity index (χ0v) is 12.0. The fraction of sp³-hybridized carbons (Fsp3) is 0.562. The molecule has 2 fully saturated rings. The number of amides is 1. The molecule has 114 valence electrons. The summed E-state index contributed by atoms with van der Waals surface area (Å²) in [5.74, 6) is -0.299. The van der Waals surface area contributed by atoms with Gasteiger partial charge in [0.15, 0.2) is 11.6 Å². The van der Waals surface area contributed by atoms with Crippen molar-refractivity contribution in [3.05, 3.63) is 24.0 Å². The van der Waals surface area contributed by atoms with Gasteiger partial charge < -0.3 is 15.8 Å². The molecule has 1 aromatic rings. The monoisotopic (exact) mass is 292 g/mol. The lowest BCUT2D eigenvalue weighted by molar-refractivity contribution is -0.119. The first-order valence-electron chi connectivity index (χ1n) is 7.64. The summed E-state index contributed by atoms with van der Waals surface area (Å²) >= 11 is 0. The molecule has 21 heavy (non-hydrogen) atoms. The van der Waals surface area contributed by atoms with Gasteiger partial charge >= 0.3 is 0 Å². The summed E-state index contributed by atoms with van der Waals surface area (Å²) in [6.07, 6.45) is 5.64. The van der Waals surface area contributed by atoms with Gasteiger partial charge in [-0.1, -0.05) is 0 Å². The second kappa shape index (κ2) is 6.02. The maximum Gasteiger partial charge on any atom is 0.227 e. The molecule has 1 aromatic carbocycles. The maximum atomic E-state index is 14.0. The first-order valence-corrected chi connectivity index (χ1v) is 7.64. The lowest BCUT2D eigenvalue weighted by Gasteiger charge is -2.26. The van der Waals surface area contributed by atoms with Crippen LogP contribution in [0.5, 0.6) is 5.75 Å². The number of ether oxygens (including phenoxy) is 1. The van der Waals surface area contributed by atoms with Crippen molar-refractivity contribution in [3.8, 4) is 5.75 Å². The maximum absolute atomic E-state index is 14.0. The highest BCUT2D eigenvalue weighted by Gasteiger charge is 2.28. The van der Waals surface area contributed by atoms with E-state index in [-0.39, 0.29) is 29.7 Å². The number of hydrogen-bond acceptors (Lipinski definition) is 3. The van der Waals surface area contributed by atoms with Crippen LogP contribution in [-0.4, -0.2) is 18.1 Å². The molecular weight excluding hydrogens is 271 g/mol. The van der Waals surface area contributed by atoms with Gasteiger partial charge in [0.2, 0.25) is 5.91 Å². The Hall–Kier alpha value is -1.62. The van der Waals surface area contributed by atoms with Gasteiger partial charge in [-0.3, -0.25) is 4.79 Å². The van der Waals surface area contributed by atoms with Crippen LogP contribution in [0.25, 0.3) is 0 Å². The standard InChI is InChI=1S/C16H21FN2O2/c17-14-9-12(6-7-15(14)21-13-2-1-3-13)19-16(20)10-4-5-11(18)8-10/h6-7,9-11,13H,1-5,8,18H2,(H,19,20). The Morgan fingerprint density at radius 1 is 1.29 bits per heavy atom. The number of halogens is 1. The van der Waals surface area contributed by atoms with E-state index in [2.05, 4.69) is 5.32 Å². The molecule has 2 atom stereocenters. The van der Waals surface area contributed by atoms with E-state index < -0.39 is 5.82 Å². The van der Waals surface area contributed by atoms with Crippen LogP contribution in [0.1, 0.15) is 38.5 Å². The van der Waals surface area contributed by atoms with Crippen LogP contribution in [-0.2, 0) is 4.79 Å². The highest BCUT2D eigenvalue weighted by Crippen LogP contribution is 2.29. The van der Waals surface area contributed by atoms with Crippen molar-refractivity contribution < 1.29 is 13.9 Å². The van der Waals surface area contributed by atoms with Crippen molar-refractivity contribution in [2.24, 2.45) is 11.7 Å². The molecule has 0 saturated heterocycles. The number of nitrogens with two attached hydrogens (primary N) is 1. The minimum atomic E-state index is -0.428. The highest BCUT2D eigenvalue weighted by atomic mass is 19.1. The molecule has 2 aliphatic rings. The third-order valence-electron chi connectivity index (χ3n) is 4.39. The number of carbonyl (C=O) groups excluding carboxylic acids is 1. The third kappa shape index (κ3) is 3.35. The van der Waals surface area contributed by atoms with Gasteiger partial charge in [-0.15, -0.1) is 0 Å². The van der Waals surface area contributed by atoms with E-state index >= 15 is 0 Å². The number of nitrogens with one attached hydrogen (secondary N) is 1. The van der Waals surface area contributed by atoms with Crippen molar-refractivity contribution >= 4 is 11.6 Å². The van der Waals surface area contributed by atoms with E-state index in [0.717, 1.165) is 32.1 Å². The Morgan fingerprint density at radius 2 is 2.10 bits per heavy atom. The van der Waals surface area contributed by atoms with Gasteiger partial charge in [-0.2, -0.15) is 0 Å². The van der Waals surface area contributed by atoms with Crippen molar-refractivity contribution in [2.45, 2.75) is 50.7 Å². The molecule has 2 unspecified atom stereocenters. The summed E-state index contributed by atoms with van der Waals surface area (Å²) in [6.45, 7) is 0. The molecule has 0 bridgehead atoms. The largest absolute Gasteiger partial charge is 0.487 e. The van der Waals surface area contributed by atoms with E-state index in [4.69, 9.17) is 10.5 Å². The normalized spacial score (nSPS) is 25.4. The summed E-state index contributed by atoms with van der Waals surface area (Å²) in [7, 11) is 0. The quantitative estimate of drug-likeness (QED) is 0.897. The first kappa shape index (κ1) is 14.3. The summed E-state index contributed by atoms with van der Waals surface area (Å²) in [6, 6.07) is 4.70. The Balaban J connectivity index is 1.60. The van der Waals surface area contributed by atoms with Crippen LogP contribution in [0.2, 0.25) is 0 Å². The number of carbonyl (C=O) groups is 1. The number of benzene rings is 1. The summed E-state index contributed by atoms with van der Waals surface area (Å²) in [5.41, 5.74) is 6.28. The molecule has 2 aliphatic carbocycles. The molecule has 5 heteroatoms. The minimum Gasteiger partial charge on any atom is -0.487 e. The number of hydrogen-bond donors (Lipinski definition) is 2. The smallest absolute Gasteiger partial charge is 0.227 e. The zero-order valence-electron chi connectivity index (χ0n) is 12.0. The molecule has 3 N–H and O–H groups in total. The lowest BCUT2D eigenvalue weighted by Crippen LogP contribution is -2.25. The fourth-order valence-electron chi connectivity index (χ4n) is 2.84. The average Bonchev–Trinajstić information content (AvgIpc) is 2.82. The molecule has 1 amide bonds. The second-order valence-corrected chi connectivity index (χ2v) is 6.08.